The van der Waals surface area contributed by atoms with Crippen molar-refractivity contribution in [3.8, 4) is 0 Å². The smallest absolute Gasteiger partial charge is 0.241 e. The molecule has 0 aromatic heterocycles. The third kappa shape index (κ3) is 2.70. The van der Waals surface area contributed by atoms with Crippen molar-refractivity contribution in [1.82, 2.24) is 5.32 Å². The predicted octanol–water partition coefficient (Wildman–Crippen LogP) is 2.32. The van der Waals surface area contributed by atoms with Crippen molar-refractivity contribution in [3.63, 3.8) is 0 Å². The molecule has 142 valence electrons. The van der Waals surface area contributed by atoms with Crippen molar-refractivity contribution in [1.29, 1.82) is 0 Å². The van der Waals surface area contributed by atoms with E-state index in [1.807, 2.05) is 32.9 Å². The van der Waals surface area contributed by atoms with E-state index in [0.717, 1.165) is 0 Å². The molecule has 2 bridgehead atoms. The minimum absolute atomic E-state index is 0.132. The van der Waals surface area contributed by atoms with Crippen LogP contribution >= 0.6 is 11.6 Å². The van der Waals surface area contributed by atoms with Crippen LogP contribution in [-0.4, -0.2) is 36.0 Å². The summed E-state index contributed by atoms with van der Waals surface area (Å²) in [6.07, 6.45) is 3.19. The molecule has 0 saturated carbocycles. The topological polar surface area (TPSA) is 75.7 Å². The lowest BCUT2D eigenvalue weighted by Gasteiger charge is -2.30. The Balaban J connectivity index is 1.62. The van der Waals surface area contributed by atoms with Crippen LogP contribution in [0.3, 0.4) is 0 Å². The zero-order chi connectivity index (χ0) is 19.6. The fraction of sp³-hybridized carbons (Fsp3) is 0.450. The average molecular weight is 389 g/mol. The third-order valence-corrected chi connectivity index (χ3v) is 5.70. The number of carbonyl (C=O) groups excluding carboxylic acids is 3. The van der Waals surface area contributed by atoms with Crippen molar-refractivity contribution in [2.45, 2.75) is 32.5 Å². The molecule has 2 saturated heterocycles. The monoisotopic (exact) mass is 388 g/mol. The lowest BCUT2D eigenvalue weighted by atomic mass is 9.76. The van der Waals surface area contributed by atoms with Gasteiger partial charge in [-0.15, -0.1) is 0 Å². The van der Waals surface area contributed by atoms with E-state index in [-0.39, 0.29) is 24.3 Å². The quantitative estimate of drug-likeness (QED) is 0.637. The Kier molecular flexibility index (Phi) is 3.98. The summed E-state index contributed by atoms with van der Waals surface area (Å²) in [6, 6.07) is 6.61. The molecule has 3 aliphatic heterocycles. The van der Waals surface area contributed by atoms with Gasteiger partial charge in [0.1, 0.15) is 5.60 Å². The summed E-state index contributed by atoms with van der Waals surface area (Å²) >= 11 is 5.91. The maximum atomic E-state index is 13.2. The SMILES string of the molecule is CC(C)(C)C(=O)NC[C@@]12C=C[C@@H](O1)[C@H]1C(=O)N(c3ccc(Cl)cc3)C(=O)[C@@H]12. The van der Waals surface area contributed by atoms with Crippen LogP contribution in [0.4, 0.5) is 5.69 Å². The molecule has 3 amide bonds. The lowest BCUT2D eigenvalue weighted by molar-refractivity contribution is -0.132. The second-order valence-corrected chi connectivity index (χ2v) is 8.76. The highest BCUT2D eigenvalue weighted by Gasteiger charge is 2.67. The number of fused-ring (bicyclic) bond motifs is 5. The summed E-state index contributed by atoms with van der Waals surface area (Å²) in [7, 11) is 0. The van der Waals surface area contributed by atoms with E-state index in [2.05, 4.69) is 5.32 Å². The van der Waals surface area contributed by atoms with Gasteiger partial charge in [-0.25, -0.2) is 4.90 Å². The summed E-state index contributed by atoms with van der Waals surface area (Å²) in [6.45, 7) is 5.61. The molecule has 6 nitrogen and oxygen atoms in total. The number of rotatable bonds is 3. The van der Waals surface area contributed by atoms with Gasteiger partial charge in [0.2, 0.25) is 17.7 Å². The Hall–Kier alpha value is -2.18. The van der Waals surface area contributed by atoms with Gasteiger partial charge in [-0.1, -0.05) is 44.5 Å². The highest BCUT2D eigenvalue weighted by atomic mass is 35.5. The highest BCUT2D eigenvalue weighted by Crippen LogP contribution is 2.52. The lowest BCUT2D eigenvalue weighted by Crippen LogP contribution is -2.50. The molecule has 0 radical (unpaired) electrons. The number of imide groups is 1. The normalized spacial score (nSPS) is 31.6. The first-order valence-electron chi connectivity index (χ1n) is 8.93. The number of benzene rings is 1. The second-order valence-electron chi connectivity index (χ2n) is 8.32. The minimum Gasteiger partial charge on any atom is -0.360 e. The summed E-state index contributed by atoms with van der Waals surface area (Å²) in [5, 5.41) is 3.41. The molecule has 4 rings (SSSR count). The van der Waals surface area contributed by atoms with Gasteiger partial charge in [0.25, 0.3) is 0 Å². The van der Waals surface area contributed by atoms with E-state index in [1.165, 1.54) is 4.90 Å². The number of halogens is 1. The van der Waals surface area contributed by atoms with Crippen LogP contribution < -0.4 is 10.2 Å². The Bertz CT molecular complexity index is 858. The molecule has 3 heterocycles. The first kappa shape index (κ1) is 18.2. The Morgan fingerprint density at radius 1 is 1.22 bits per heavy atom. The van der Waals surface area contributed by atoms with Crippen molar-refractivity contribution in [2.24, 2.45) is 17.3 Å². The van der Waals surface area contributed by atoms with Crippen LogP contribution in [0.5, 0.6) is 0 Å². The number of hydrogen-bond acceptors (Lipinski definition) is 4. The zero-order valence-electron chi connectivity index (χ0n) is 15.4. The standard InChI is InChI=1S/C20H21ClN2O4/c1-19(2,3)18(26)22-10-20-9-8-13(27-20)14-15(20)17(25)23(16(14)24)12-6-4-11(21)5-7-12/h4-9,13-15H,10H2,1-3H3,(H,22,26)/t13-,14-,15-,20-/m1/s1. The molecule has 2 fully saturated rings. The summed E-state index contributed by atoms with van der Waals surface area (Å²) in [4.78, 5) is 39.6. The van der Waals surface area contributed by atoms with Gasteiger partial charge in [-0.3, -0.25) is 14.4 Å². The fourth-order valence-electron chi connectivity index (χ4n) is 4.03. The number of nitrogens with one attached hydrogen (secondary N) is 1. The van der Waals surface area contributed by atoms with Crippen molar-refractivity contribution in [2.75, 3.05) is 11.4 Å². The van der Waals surface area contributed by atoms with E-state index in [0.29, 0.717) is 10.7 Å². The van der Waals surface area contributed by atoms with Gasteiger partial charge >= 0.3 is 0 Å². The number of anilines is 1. The Labute approximate surface area is 162 Å². The van der Waals surface area contributed by atoms with Gasteiger partial charge in [0.15, 0.2) is 0 Å². The largest absolute Gasteiger partial charge is 0.360 e. The summed E-state index contributed by atoms with van der Waals surface area (Å²) in [5.41, 5.74) is -1.04. The molecule has 0 aliphatic carbocycles. The highest BCUT2D eigenvalue weighted by molar-refractivity contribution is 6.31. The molecule has 3 aliphatic rings. The van der Waals surface area contributed by atoms with Crippen molar-refractivity contribution < 1.29 is 19.1 Å². The van der Waals surface area contributed by atoms with E-state index >= 15 is 0 Å². The van der Waals surface area contributed by atoms with Crippen molar-refractivity contribution in [3.05, 3.63) is 41.4 Å². The zero-order valence-corrected chi connectivity index (χ0v) is 16.1. The predicted molar refractivity (Wildman–Crippen MR) is 100 cm³/mol. The number of carbonyl (C=O) groups is 3. The van der Waals surface area contributed by atoms with Gasteiger partial charge in [-0.05, 0) is 24.3 Å². The molecule has 7 heteroatoms. The molecule has 1 aromatic carbocycles. The summed E-state index contributed by atoms with van der Waals surface area (Å²) < 4.78 is 6.02. The van der Waals surface area contributed by atoms with E-state index in [4.69, 9.17) is 16.3 Å². The van der Waals surface area contributed by atoms with Crippen LogP contribution in [0, 0.1) is 17.3 Å². The molecule has 0 spiro atoms. The molecule has 27 heavy (non-hydrogen) atoms. The number of nitrogens with zero attached hydrogens (tertiary/aromatic N) is 1. The van der Waals surface area contributed by atoms with Gasteiger partial charge in [-0.2, -0.15) is 0 Å². The molecular weight excluding hydrogens is 368 g/mol. The van der Waals surface area contributed by atoms with Gasteiger partial charge in [0.05, 0.1) is 30.2 Å². The first-order valence-corrected chi connectivity index (χ1v) is 9.31. The maximum Gasteiger partial charge on any atom is 0.241 e. The van der Waals surface area contributed by atoms with Crippen LogP contribution in [-0.2, 0) is 19.1 Å². The molecule has 0 unspecified atom stereocenters. The number of amides is 3. The summed E-state index contributed by atoms with van der Waals surface area (Å²) in [5.74, 6) is -1.91. The second kappa shape index (κ2) is 5.91. The van der Waals surface area contributed by atoms with Crippen LogP contribution in [0.15, 0.2) is 36.4 Å². The minimum atomic E-state index is -0.982. The number of ether oxygens (including phenoxy) is 1. The van der Waals surface area contributed by atoms with E-state index < -0.39 is 29.0 Å². The average Bonchev–Trinajstić information content (AvgIpc) is 3.24. The molecule has 4 atom stereocenters. The molecule has 1 aromatic rings. The fourth-order valence-corrected chi connectivity index (χ4v) is 4.16. The van der Waals surface area contributed by atoms with E-state index in [9.17, 15) is 14.4 Å². The van der Waals surface area contributed by atoms with Crippen LogP contribution in [0.2, 0.25) is 5.02 Å². The molecular formula is C20H21ClN2O4. The maximum absolute atomic E-state index is 13.2. The first-order chi connectivity index (χ1) is 12.6. The van der Waals surface area contributed by atoms with Gasteiger partial charge in [0, 0.05) is 10.4 Å². The Morgan fingerprint density at radius 2 is 1.89 bits per heavy atom. The van der Waals surface area contributed by atoms with Gasteiger partial charge < -0.3 is 10.1 Å². The van der Waals surface area contributed by atoms with Crippen LogP contribution in [0.25, 0.3) is 0 Å². The Morgan fingerprint density at radius 3 is 2.52 bits per heavy atom. The van der Waals surface area contributed by atoms with E-state index in [1.54, 1.807) is 24.3 Å². The number of hydrogen-bond donors (Lipinski definition) is 1. The molecule has 1 N–H and O–H groups in total. The van der Waals surface area contributed by atoms with Crippen LogP contribution in [0.1, 0.15) is 20.8 Å². The van der Waals surface area contributed by atoms with Crippen molar-refractivity contribution >= 4 is 35.0 Å². The third-order valence-electron chi connectivity index (χ3n) is 5.45.